The van der Waals surface area contributed by atoms with Gasteiger partial charge in [0.2, 0.25) is 0 Å². The van der Waals surface area contributed by atoms with Crippen LogP contribution in [0, 0.1) is 0 Å². The first-order valence-electron chi connectivity index (χ1n) is 6.60. The van der Waals surface area contributed by atoms with E-state index < -0.39 is 0 Å². The van der Waals surface area contributed by atoms with Crippen LogP contribution >= 0.6 is 0 Å². The van der Waals surface area contributed by atoms with E-state index >= 15 is 0 Å². The van der Waals surface area contributed by atoms with Gasteiger partial charge in [0.25, 0.3) is 0 Å². The first-order chi connectivity index (χ1) is 8.63. The summed E-state index contributed by atoms with van der Waals surface area (Å²) in [7, 11) is 1.72. The molecule has 18 heavy (non-hydrogen) atoms. The molecule has 0 amide bonds. The Bertz CT molecular complexity index is 339. The first-order valence-corrected chi connectivity index (χ1v) is 6.60. The zero-order chi connectivity index (χ0) is 13.4. The molecule has 0 aliphatic carbocycles. The second-order valence-corrected chi connectivity index (χ2v) is 4.79. The highest BCUT2D eigenvalue weighted by atomic mass is 16.5. The molecule has 1 rings (SSSR count). The summed E-state index contributed by atoms with van der Waals surface area (Å²) in [5, 5.41) is 3.46. The fourth-order valence-electron chi connectivity index (χ4n) is 1.87. The lowest BCUT2D eigenvalue weighted by atomic mass is 10.1. The van der Waals surface area contributed by atoms with E-state index in [9.17, 15) is 0 Å². The molecule has 0 fully saturated rings. The second-order valence-electron chi connectivity index (χ2n) is 4.79. The van der Waals surface area contributed by atoms with Gasteiger partial charge in [-0.05, 0) is 38.8 Å². The predicted octanol–water partition coefficient (Wildman–Crippen LogP) is 2.64. The largest absolute Gasteiger partial charge is 0.496 e. The molecule has 0 saturated heterocycles. The Kier molecular flexibility index (Phi) is 6.76. The quantitative estimate of drug-likeness (QED) is 0.721. The Labute approximate surface area is 110 Å². The topological polar surface area (TPSA) is 30.5 Å². The van der Waals surface area contributed by atoms with E-state index in [4.69, 9.17) is 9.47 Å². The summed E-state index contributed by atoms with van der Waals surface area (Å²) in [4.78, 5) is 0. The van der Waals surface area contributed by atoms with Crippen molar-refractivity contribution in [2.75, 3.05) is 20.3 Å². The van der Waals surface area contributed by atoms with E-state index in [-0.39, 0.29) is 0 Å². The lowest BCUT2D eigenvalue weighted by Crippen LogP contribution is -2.31. The summed E-state index contributed by atoms with van der Waals surface area (Å²) in [5.41, 5.74) is 1.24. The Balaban J connectivity index is 2.33. The summed E-state index contributed by atoms with van der Waals surface area (Å²) in [5.74, 6) is 0.963. The van der Waals surface area contributed by atoms with Crippen LogP contribution in [0.3, 0.4) is 0 Å². The molecule has 0 heterocycles. The average molecular weight is 251 g/mol. The van der Waals surface area contributed by atoms with Crippen LogP contribution in [0.4, 0.5) is 0 Å². The highest BCUT2D eigenvalue weighted by Gasteiger charge is 2.07. The minimum atomic E-state index is 0.302. The molecular weight excluding hydrogens is 226 g/mol. The van der Waals surface area contributed by atoms with E-state index in [1.165, 1.54) is 5.56 Å². The van der Waals surface area contributed by atoms with Gasteiger partial charge < -0.3 is 14.8 Å². The Morgan fingerprint density at radius 2 is 1.89 bits per heavy atom. The summed E-state index contributed by atoms with van der Waals surface area (Å²) in [6, 6.07) is 8.58. The Hall–Kier alpha value is -1.06. The van der Waals surface area contributed by atoms with Gasteiger partial charge in [0, 0.05) is 12.6 Å². The molecule has 1 unspecified atom stereocenters. The van der Waals surface area contributed by atoms with Crippen molar-refractivity contribution in [1.29, 1.82) is 0 Å². The molecule has 1 aromatic rings. The van der Waals surface area contributed by atoms with Crippen LogP contribution in [0.25, 0.3) is 0 Å². The van der Waals surface area contributed by atoms with Crippen molar-refractivity contribution in [3.8, 4) is 5.75 Å². The van der Waals surface area contributed by atoms with Gasteiger partial charge in [-0.1, -0.05) is 18.2 Å². The number of ether oxygens (including phenoxy) is 2. The maximum atomic E-state index is 5.50. The molecule has 1 atom stereocenters. The van der Waals surface area contributed by atoms with Crippen molar-refractivity contribution in [3.63, 3.8) is 0 Å². The third-order valence-electron chi connectivity index (χ3n) is 2.76. The fourth-order valence-corrected chi connectivity index (χ4v) is 1.87. The molecule has 0 bridgehead atoms. The van der Waals surface area contributed by atoms with Gasteiger partial charge in [-0.15, -0.1) is 0 Å². The van der Waals surface area contributed by atoms with Gasteiger partial charge in [0.05, 0.1) is 19.8 Å². The number of para-hydroxylation sites is 1. The highest BCUT2D eigenvalue weighted by molar-refractivity contribution is 5.33. The van der Waals surface area contributed by atoms with Crippen LogP contribution in [0.5, 0.6) is 5.75 Å². The summed E-state index contributed by atoms with van der Waals surface area (Å²) in [6.45, 7) is 7.93. The van der Waals surface area contributed by atoms with Crippen LogP contribution in [0.15, 0.2) is 24.3 Å². The zero-order valence-electron chi connectivity index (χ0n) is 11.9. The van der Waals surface area contributed by atoms with Crippen LogP contribution in [0.1, 0.15) is 26.3 Å². The lowest BCUT2D eigenvalue weighted by Gasteiger charge is -2.16. The molecule has 0 aliphatic heterocycles. The maximum absolute atomic E-state index is 5.50. The van der Waals surface area contributed by atoms with Gasteiger partial charge >= 0.3 is 0 Å². The van der Waals surface area contributed by atoms with Crippen molar-refractivity contribution in [2.45, 2.75) is 39.3 Å². The smallest absolute Gasteiger partial charge is 0.122 e. The molecule has 3 heteroatoms. The molecule has 0 aliphatic rings. The van der Waals surface area contributed by atoms with Gasteiger partial charge in [-0.25, -0.2) is 0 Å². The minimum absolute atomic E-state index is 0.302. The minimum Gasteiger partial charge on any atom is -0.496 e. The molecule has 1 N–H and O–H groups in total. The van der Waals surface area contributed by atoms with E-state index in [0.717, 1.165) is 25.3 Å². The van der Waals surface area contributed by atoms with Crippen LogP contribution in [-0.2, 0) is 11.2 Å². The van der Waals surface area contributed by atoms with Crippen molar-refractivity contribution in [2.24, 2.45) is 0 Å². The molecule has 0 saturated carbocycles. The third-order valence-corrected chi connectivity index (χ3v) is 2.76. The maximum Gasteiger partial charge on any atom is 0.122 e. The average Bonchev–Trinajstić information content (AvgIpc) is 2.35. The summed E-state index contributed by atoms with van der Waals surface area (Å²) < 4.78 is 10.9. The lowest BCUT2D eigenvalue weighted by molar-refractivity contribution is 0.0796. The van der Waals surface area contributed by atoms with Gasteiger partial charge in [-0.3, -0.25) is 0 Å². The number of methoxy groups -OCH3 is 1. The summed E-state index contributed by atoms with van der Waals surface area (Å²) in [6.07, 6.45) is 1.27. The molecule has 0 radical (unpaired) electrons. The summed E-state index contributed by atoms with van der Waals surface area (Å²) >= 11 is 0. The normalized spacial score (nSPS) is 12.7. The molecular formula is C15H25NO2. The number of hydrogen-bond donors (Lipinski definition) is 1. The Morgan fingerprint density at radius 3 is 2.56 bits per heavy atom. The van der Waals surface area contributed by atoms with E-state index in [1.807, 2.05) is 18.2 Å². The van der Waals surface area contributed by atoms with Crippen molar-refractivity contribution in [1.82, 2.24) is 5.32 Å². The van der Waals surface area contributed by atoms with Crippen LogP contribution in [0.2, 0.25) is 0 Å². The SMILES string of the molecule is COc1ccccc1CC(C)NCCOC(C)C. The van der Waals surface area contributed by atoms with Gasteiger partial charge in [-0.2, -0.15) is 0 Å². The van der Waals surface area contributed by atoms with Crippen LogP contribution in [-0.4, -0.2) is 32.4 Å². The molecule has 102 valence electrons. The molecule has 0 aromatic heterocycles. The molecule has 1 aromatic carbocycles. The van der Waals surface area contributed by atoms with Crippen molar-refractivity contribution in [3.05, 3.63) is 29.8 Å². The van der Waals surface area contributed by atoms with E-state index in [2.05, 4.69) is 32.2 Å². The van der Waals surface area contributed by atoms with Gasteiger partial charge in [0.15, 0.2) is 0 Å². The van der Waals surface area contributed by atoms with Gasteiger partial charge in [0.1, 0.15) is 5.75 Å². The number of benzene rings is 1. The third kappa shape index (κ3) is 5.52. The highest BCUT2D eigenvalue weighted by Crippen LogP contribution is 2.18. The molecule has 3 nitrogen and oxygen atoms in total. The predicted molar refractivity (Wildman–Crippen MR) is 75.3 cm³/mol. The fraction of sp³-hybridized carbons (Fsp3) is 0.600. The monoisotopic (exact) mass is 251 g/mol. The van der Waals surface area contributed by atoms with E-state index in [0.29, 0.717) is 12.1 Å². The second kappa shape index (κ2) is 8.11. The zero-order valence-corrected chi connectivity index (χ0v) is 11.9. The van der Waals surface area contributed by atoms with Crippen LogP contribution < -0.4 is 10.1 Å². The number of nitrogens with one attached hydrogen (secondary N) is 1. The van der Waals surface area contributed by atoms with E-state index in [1.54, 1.807) is 7.11 Å². The number of hydrogen-bond acceptors (Lipinski definition) is 3. The van der Waals surface area contributed by atoms with Crippen molar-refractivity contribution < 1.29 is 9.47 Å². The van der Waals surface area contributed by atoms with Crippen molar-refractivity contribution >= 4 is 0 Å². The standard InChI is InChI=1S/C15H25NO2/c1-12(2)18-10-9-16-13(3)11-14-7-5-6-8-15(14)17-4/h5-8,12-13,16H,9-11H2,1-4H3. The molecule has 0 spiro atoms. The Morgan fingerprint density at radius 1 is 1.17 bits per heavy atom. The first kappa shape index (κ1) is 15.0. The number of rotatable bonds is 8.